The van der Waals surface area contributed by atoms with Gasteiger partial charge in [0.25, 0.3) is 0 Å². The summed E-state index contributed by atoms with van der Waals surface area (Å²) in [6.07, 6.45) is 0. The van der Waals surface area contributed by atoms with Crippen LogP contribution < -0.4 is 15.2 Å². The molecule has 0 aromatic heterocycles. The van der Waals surface area contributed by atoms with Crippen LogP contribution in [0.4, 0.5) is 0 Å². The van der Waals surface area contributed by atoms with Crippen LogP contribution >= 0.6 is 0 Å². The highest BCUT2D eigenvalue weighted by Gasteiger charge is 2.13. The Bertz CT molecular complexity index is 740. The van der Waals surface area contributed by atoms with E-state index in [2.05, 4.69) is 0 Å². The van der Waals surface area contributed by atoms with Crippen LogP contribution in [0.25, 0.3) is 0 Å². The molecule has 0 saturated heterocycles. The minimum atomic E-state index is -0.499. The number of rotatable bonds is 8. The highest BCUT2D eigenvalue weighted by atomic mass is 16.5. The van der Waals surface area contributed by atoms with Crippen molar-refractivity contribution in [3.8, 4) is 11.5 Å². The second-order valence-electron chi connectivity index (χ2n) is 5.16. The monoisotopic (exact) mass is 343 g/mol. The fraction of sp³-hybridized carbons (Fsp3) is 0.263. The molecule has 0 aliphatic rings. The van der Waals surface area contributed by atoms with Crippen LogP contribution in [0.1, 0.15) is 40.1 Å². The lowest BCUT2D eigenvalue weighted by Gasteiger charge is -2.12. The third-order valence-corrected chi connectivity index (χ3v) is 3.39. The molecule has 132 valence electrons. The summed E-state index contributed by atoms with van der Waals surface area (Å²) in [7, 11) is 0. The molecule has 2 N–H and O–H groups in total. The number of benzene rings is 2. The molecule has 6 heteroatoms. The van der Waals surface area contributed by atoms with Gasteiger partial charge in [-0.3, -0.25) is 4.79 Å². The smallest absolute Gasteiger partial charge is 0.338 e. The van der Waals surface area contributed by atoms with E-state index in [-0.39, 0.29) is 6.61 Å². The third kappa shape index (κ3) is 4.97. The number of esters is 1. The first-order valence-corrected chi connectivity index (χ1v) is 8.00. The van der Waals surface area contributed by atoms with Crippen molar-refractivity contribution < 1.29 is 23.8 Å². The van der Waals surface area contributed by atoms with Gasteiger partial charge in [0, 0.05) is 5.56 Å². The molecule has 1 amide bonds. The Labute approximate surface area is 146 Å². The molecule has 0 unspecified atom stereocenters. The second-order valence-corrected chi connectivity index (χ2v) is 5.16. The highest BCUT2D eigenvalue weighted by Crippen LogP contribution is 2.28. The normalized spacial score (nSPS) is 10.2. The van der Waals surface area contributed by atoms with Gasteiger partial charge in [-0.05, 0) is 49.7 Å². The van der Waals surface area contributed by atoms with E-state index >= 15 is 0 Å². The standard InChI is InChI=1S/C19H21NO5/c1-3-23-16-10-9-15(11-17(16)24-4-2)19(22)25-12-13-5-7-14(8-6-13)18(20)21/h5-11H,3-4,12H2,1-2H3,(H2,20,21). The fourth-order valence-corrected chi connectivity index (χ4v) is 2.18. The summed E-state index contributed by atoms with van der Waals surface area (Å²) in [5.41, 5.74) is 6.73. The van der Waals surface area contributed by atoms with Crippen LogP contribution in [-0.2, 0) is 11.3 Å². The number of amides is 1. The molecule has 0 radical (unpaired) electrons. The van der Waals surface area contributed by atoms with Crippen molar-refractivity contribution in [2.75, 3.05) is 13.2 Å². The van der Waals surface area contributed by atoms with Crippen molar-refractivity contribution in [3.05, 3.63) is 59.2 Å². The van der Waals surface area contributed by atoms with E-state index in [1.165, 1.54) is 0 Å². The van der Waals surface area contributed by atoms with Gasteiger partial charge in [-0.25, -0.2) is 4.79 Å². The fourth-order valence-electron chi connectivity index (χ4n) is 2.18. The molecule has 0 saturated carbocycles. The van der Waals surface area contributed by atoms with Gasteiger partial charge in [0.15, 0.2) is 11.5 Å². The maximum atomic E-state index is 12.2. The molecule has 0 atom stereocenters. The van der Waals surface area contributed by atoms with Gasteiger partial charge in [-0.2, -0.15) is 0 Å². The molecule has 25 heavy (non-hydrogen) atoms. The minimum absolute atomic E-state index is 0.0923. The van der Waals surface area contributed by atoms with Crippen molar-refractivity contribution in [2.45, 2.75) is 20.5 Å². The van der Waals surface area contributed by atoms with Crippen LogP contribution in [0.15, 0.2) is 42.5 Å². The van der Waals surface area contributed by atoms with Crippen molar-refractivity contribution in [2.24, 2.45) is 5.73 Å². The molecule has 0 spiro atoms. The molecule has 0 bridgehead atoms. The largest absolute Gasteiger partial charge is 0.490 e. The summed E-state index contributed by atoms with van der Waals surface area (Å²) >= 11 is 0. The van der Waals surface area contributed by atoms with Crippen LogP contribution in [0.2, 0.25) is 0 Å². The molecule has 0 aliphatic heterocycles. The van der Waals surface area contributed by atoms with Gasteiger partial charge in [-0.15, -0.1) is 0 Å². The van der Waals surface area contributed by atoms with Gasteiger partial charge >= 0.3 is 5.97 Å². The lowest BCUT2D eigenvalue weighted by Crippen LogP contribution is -2.11. The Morgan fingerprint density at radius 1 is 0.880 bits per heavy atom. The van der Waals surface area contributed by atoms with E-state index in [0.29, 0.717) is 35.8 Å². The quantitative estimate of drug-likeness (QED) is 0.745. The average molecular weight is 343 g/mol. The van der Waals surface area contributed by atoms with Crippen LogP contribution in [0.5, 0.6) is 11.5 Å². The number of ether oxygens (including phenoxy) is 3. The Hall–Kier alpha value is -3.02. The summed E-state index contributed by atoms with van der Waals surface area (Å²) in [5.74, 6) is 0.122. The molecule has 2 aromatic rings. The summed E-state index contributed by atoms with van der Waals surface area (Å²) in [6, 6.07) is 11.5. The van der Waals surface area contributed by atoms with E-state index in [0.717, 1.165) is 5.56 Å². The van der Waals surface area contributed by atoms with Crippen LogP contribution in [0.3, 0.4) is 0 Å². The summed E-state index contributed by atoms with van der Waals surface area (Å²) < 4.78 is 16.3. The van der Waals surface area contributed by atoms with Gasteiger partial charge in [-0.1, -0.05) is 12.1 Å². The van der Waals surface area contributed by atoms with Crippen molar-refractivity contribution in [1.29, 1.82) is 0 Å². The zero-order valence-electron chi connectivity index (χ0n) is 14.3. The first-order valence-electron chi connectivity index (χ1n) is 8.00. The number of hydrogen-bond acceptors (Lipinski definition) is 5. The zero-order chi connectivity index (χ0) is 18.2. The van der Waals surface area contributed by atoms with E-state index in [1.807, 2.05) is 13.8 Å². The van der Waals surface area contributed by atoms with Crippen molar-refractivity contribution in [1.82, 2.24) is 0 Å². The predicted octanol–water partition coefficient (Wildman–Crippen LogP) is 2.94. The maximum absolute atomic E-state index is 12.2. The Morgan fingerprint density at radius 2 is 1.48 bits per heavy atom. The molecular weight excluding hydrogens is 322 g/mol. The van der Waals surface area contributed by atoms with Gasteiger partial charge < -0.3 is 19.9 Å². The lowest BCUT2D eigenvalue weighted by atomic mass is 10.1. The van der Waals surface area contributed by atoms with E-state index in [9.17, 15) is 9.59 Å². The predicted molar refractivity (Wildman–Crippen MR) is 92.9 cm³/mol. The second kappa shape index (κ2) is 8.73. The van der Waals surface area contributed by atoms with Crippen LogP contribution in [-0.4, -0.2) is 25.1 Å². The molecule has 2 aromatic carbocycles. The average Bonchev–Trinajstić information content (AvgIpc) is 2.62. The number of carbonyl (C=O) groups is 2. The number of hydrogen-bond donors (Lipinski definition) is 1. The zero-order valence-corrected chi connectivity index (χ0v) is 14.3. The molecule has 6 nitrogen and oxygen atoms in total. The first kappa shape index (κ1) is 18.3. The lowest BCUT2D eigenvalue weighted by molar-refractivity contribution is 0.0472. The van der Waals surface area contributed by atoms with Gasteiger partial charge in [0.05, 0.1) is 18.8 Å². The SMILES string of the molecule is CCOc1ccc(C(=O)OCc2ccc(C(N)=O)cc2)cc1OCC. The molecule has 0 heterocycles. The minimum Gasteiger partial charge on any atom is -0.490 e. The topological polar surface area (TPSA) is 87.9 Å². The van der Waals surface area contributed by atoms with E-state index in [4.69, 9.17) is 19.9 Å². The molecule has 0 fully saturated rings. The van der Waals surface area contributed by atoms with Crippen molar-refractivity contribution >= 4 is 11.9 Å². The Morgan fingerprint density at radius 3 is 2.08 bits per heavy atom. The van der Waals surface area contributed by atoms with Crippen molar-refractivity contribution in [3.63, 3.8) is 0 Å². The summed E-state index contributed by atoms with van der Waals surface area (Å²) in [5, 5.41) is 0. The third-order valence-electron chi connectivity index (χ3n) is 3.39. The molecule has 2 rings (SSSR count). The number of carbonyl (C=O) groups excluding carboxylic acids is 2. The summed E-state index contributed by atoms with van der Waals surface area (Å²) in [6.45, 7) is 4.79. The Kier molecular flexibility index (Phi) is 6.39. The van der Waals surface area contributed by atoms with E-state index < -0.39 is 11.9 Å². The number of primary amides is 1. The number of nitrogens with two attached hydrogens (primary N) is 1. The molecular formula is C19H21NO5. The molecule has 0 aliphatic carbocycles. The first-order chi connectivity index (χ1) is 12.0. The summed E-state index contributed by atoms with van der Waals surface area (Å²) in [4.78, 5) is 23.3. The van der Waals surface area contributed by atoms with Crippen LogP contribution in [0, 0.1) is 0 Å². The highest BCUT2D eigenvalue weighted by molar-refractivity contribution is 5.92. The van der Waals surface area contributed by atoms with E-state index in [1.54, 1.807) is 42.5 Å². The maximum Gasteiger partial charge on any atom is 0.338 e. The van der Waals surface area contributed by atoms with Gasteiger partial charge in [0.1, 0.15) is 6.61 Å². The Balaban J connectivity index is 2.04. The van der Waals surface area contributed by atoms with Gasteiger partial charge in [0.2, 0.25) is 5.91 Å².